The van der Waals surface area contributed by atoms with E-state index in [0.717, 1.165) is 5.00 Å². The summed E-state index contributed by atoms with van der Waals surface area (Å²) in [6.45, 7) is 9.65. The summed E-state index contributed by atoms with van der Waals surface area (Å²) in [6, 6.07) is 3.69. The van der Waals surface area contributed by atoms with E-state index < -0.39 is 0 Å². The Morgan fingerprint density at radius 2 is 1.96 bits per heavy atom. The smallest absolute Gasteiger partial charge is 0.322 e. The second-order valence-electron chi connectivity index (χ2n) is 5.49. The van der Waals surface area contributed by atoms with Crippen LogP contribution >= 0.6 is 11.3 Å². The molecule has 0 atom stereocenters. The Hall–Kier alpha value is -2.08. The van der Waals surface area contributed by atoms with Gasteiger partial charge in [0.15, 0.2) is 0 Å². The molecular formula is C17H23N3O2S. The molecule has 6 heteroatoms. The minimum atomic E-state index is -0.0904. The van der Waals surface area contributed by atoms with Crippen LogP contribution < -0.4 is 5.32 Å². The van der Waals surface area contributed by atoms with E-state index in [1.165, 1.54) is 11.3 Å². The van der Waals surface area contributed by atoms with Crippen molar-refractivity contribution >= 4 is 28.3 Å². The van der Waals surface area contributed by atoms with Crippen molar-refractivity contribution < 1.29 is 9.59 Å². The Labute approximate surface area is 141 Å². The molecule has 0 unspecified atom stereocenters. The molecule has 1 fully saturated rings. The molecule has 1 saturated heterocycles. The molecule has 1 aliphatic heterocycles. The standard InChI is InChI=1S/C17H23N3O2S/c1-3-9-19(10-4-2)16(21)14-7-11-20(12-8-14)17(22)18-15-6-5-13-23-15/h3-6,13-14H,1-2,7-12H2,(H,18,22). The predicted octanol–water partition coefficient (Wildman–Crippen LogP) is 3.19. The zero-order valence-electron chi connectivity index (χ0n) is 13.2. The predicted molar refractivity (Wildman–Crippen MR) is 94.6 cm³/mol. The number of nitrogens with one attached hydrogen (secondary N) is 1. The molecule has 23 heavy (non-hydrogen) atoms. The van der Waals surface area contributed by atoms with E-state index in [1.54, 1.807) is 22.0 Å². The number of hydrogen-bond acceptors (Lipinski definition) is 3. The van der Waals surface area contributed by atoms with Crippen molar-refractivity contribution in [1.82, 2.24) is 9.80 Å². The number of rotatable bonds is 6. The van der Waals surface area contributed by atoms with Gasteiger partial charge in [-0.25, -0.2) is 4.79 Å². The summed E-state index contributed by atoms with van der Waals surface area (Å²) in [7, 11) is 0. The lowest BCUT2D eigenvalue weighted by Gasteiger charge is -2.33. The summed E-state index contributed by atoms with van der Waals surface area (Å²) in [5.41, 5.74) is 0. The number of anilines is 1. The van der Waals surface area contributed by atoms with Gasteiger partial charge in [0, 0.05) is 32.1 Å². The van der Waals surface area contributed by atoms with Gasteiger partial charge in [-0.3, -0.25) is 10.1 Å². The number of amides is 3. The molecule has 2 rings (SSSR count). The molecule has 0 radical (unpaired) electrons. The van der Waals surface area contributed by atoms with Crippen molar-refractivity contribution in [1.29, 1.82) is 0 Å². The molecule has 1 aliphatic rings. The van der Waals surface area contributed by atoms with Crippen LogP contribution in [0.3, 0.4) is 0 Å². The Balaban J connectivity index is 1.84. The molecule has 2 heterocycles. The first kappa shape index (κ1) is 17.3. The number of likely N-dealkylation sites (tertiary alicyclic amines) is 1. The third-order valence-electron chi connectivity index (χ3n) is 3.89. The number of hydrogen-bond donors (Lipinski definition) is 1. The van der Waals surface area contributed by atoms with Crippen LogP contribution in [0.25, 0.3) is 0 Å². The number of urea groups is 1. The zero-order valence-corrected chi connectivity index (χ0v) is 14.1. The van der Waals surface area contributed by atoms with Gasteiger partial charge in [0.25, 0.3) is 0 Å². The van der Waals surface area contributed by atoms with Crippen molar-refractivity contribution in [2.24, 2.45) is 5.92 Å². The minimum absolute atomic E-state index is 0.0271. The minimum Gasteiger partial charge on any atom is -0.335 e. The summed E-state index contributed by atoms with van der Waals surface area (Å²) in [4.78, 5) is 28.2. The van der Waals surface area contributed by atoms with Gasteiger partial charge in [0.1, 0.15) is 0 Å². The van der Waals surface area contributed by atoms with Crippen LogP contribution in [0.1, 0.15) is 12.8 Å². The Morgan fingerprint density at radius 1 is 1.30 bits per heavy atom. The molecule has 5 nitrogen and oxygen atoms in total. The van der Waals surface area contributed by atoms with Crippen LogP contribution in [0.15, 0.2) is 42.8 Å². The van der Waals surface area contributed by atoms with E-state index in [0.29, 0.717) is 39.0 Å². The van der Waals surface area contributed by atoms with Gasteiger partial charge in [-0.15, -0.1) is 24.5 Å². The molecular weight excluding hydrogens is 310 g/mol. The molecule has 0 aliphatic carbocycles. The maximum atomic E-state index is 12.5. The van der Waals surface area contributed by atoms with E-state index in [1.807, 2.05) is 17.5 Å². The van der Waals surface area contributed by atoms with Crippen LogP contribution in [0, 0.1) is 5.92 Å². The van der Waals surface area contributed by atoms with Gasteiger partial charge in [-0.1, -0.05) is 12.2 Å². The molecule has 0 bridgehead atoms. The van der Waals surface area contributed by atoms with E-state index in [2.05, 4.69) is 18.5 Å². The highest BCUT2D eigenvalue weighted by atomic mass is 32.1. The van der Waals surface area contributed by atoms with Crippen LogP contribution in [-0.2, 0) is 4.79 Å². The normalized spacial score (nSPS) is 15.0. The zero-order chi connectivity index (χ0) is 16.7. The molecule has 0 aromatic carbocycles. The van der Waals surface area contributed by atoms with E-state index >= 15 is 0 Å². The van der Waals surface area contributed by atoms with E-state index in [-0.39, 0.29) is 17.9 Å². The lowest BCUT2D eigenvalue weighted by atomic mass is 9.95. The van der Waals surface area contributed by atoms with Gasteiger partial charge in [0.2, 0.25) is 5.91 Å². The highest BCUT2D eigenvalue weighted by Crippen LogP contribution is 2.22. The van der Waals surface area contributed by atoms with Gasteiger partial charge in [-0.2, -0.15) is 0 Å². The second kappa shape index (κ2) is 8.53. The Kier molecular flexibility index (Phi) is 6.40. The first-order valence-corrected chi connectivity index (χ1v) is 8.63. The van der Waals surface area contributed by atoms with Gasteiger partial charge in [0.05, 0.1) is 5.00 Å². The van der Waals surface area contributed by atoms with Crippen LogP contribution in [0.5, 0.6) is 0 Å². The highest BCUT2D eigenvalue weighted by Gasteiger charge is 2.29. The third kappa shape index (κ3) is 4.69. The summed E-state index contributed by atoms with van der Waals surface area (Å²) in [6.07, 6.45) is 4.85. The molecule has 0 spiro atoms. The van der Waals surface area contributed by atoms with Gasteiger partial charge >= 0.3 is 6.03 Å². The van der Waals surface area contributed by atoms with Gasteiger partial charge in [-0.05, 0) is 30.4 Å². The quantitative estimate of drug-likeness (QED) is 0.813. The van der Waals surface area contributed by atoms with Crippen LogP contribution in [0.2, 0.25) is 0 Å². The Bertz CT molecular complexity index is 538. The summed E-state index contributed by atoms with van der Waals surface area (Å²) < 4.78 is 0. The second-order valence-corrected chi connectivity index (χ2v) is 6.44. The number of nitrogens with zero attached hydrogens (tertiary/aromatic N) is 2. The van der Waals surface area contributed by atoms with Crippen LogP contribution in [-0.4, -0.2) is 47.9 Å². The summed E-state index contributed by atoms with van der Waals surface area (Å²) in [5.74, 6) is 0.101. The number of piperidine rings is 1. The average molecular weight is 333 g/mol. The third-order valence-corrected chi connectivity index (χ3v) is 4.68. The first-order chi connectivity index (χ1) is 11.2. The summed E-state index contributed by atoms with van der Waals surface area (Å²) in [5, 5.41) is 5.65. The summed E-state index contributed by atoms with van der Waals surface area (Å²) >= 11 is 1.50. The van der Waals surface area contributed by atoms with Crippen molar-refractivity contribution in [3.8, 4) is 0 Å². The molecule has 1 aromatic rings. The topological polar surface area (TPSA) is 52.7 Å². The van der Waals surface area contributed by atoms with Crippen molar-refractivity contribution in [2.45, 2.75) is 12.8 Å². The number of carbonyl (C=O) groups is 2. The molecule has 1 aromatic heterocycles. The van der Waals surface area contributed by atoms with Crippen molar-refractivity contribution in [3.63, 3.8) is 0 Å². The van der Waals surface area contributed by atoms with E-state index in [9.17, 15) is 9.59 Å². The number of thiophene rings is 1. The molecule has 0 saturated carbocycles. The average Bonchev–Trinajstić information content (AvgIpc) is 3.07. The van der Waals surface area contributed by atoms with Gasteiger partial charge < -0.3 is 9.80 Å². The fourth-order valence-corrected chi connectivity index (χ4v) is 3.30. The van der Waals surface area contributed by atoms with E-state index in [4.69, 9.17) is 0 Å². The van der Waals surface area contributed by atoms with Crippen LogP contribution in [0.4, 0.5) is 9.80 Å². The number of carbonyl (C=O) groups excluding carboxylic acids is 2. The van der Waals surface area contributed by atoms with Crippen molar-refractivity contribution in [3.05, 3.63) is 42.8 Å². The molecule has 3 amide bonds. The largest absolute Gasteiger partial charge is 0.335 e. The SMILES string of the molecule is C=CCN(CC=C)C(=O)C1CCN(C(=O)Nc2cccs2)CC1. The Morgan fingerprint density at radius 3 is 2.48 bits per heavy atom. The molecule has 124 valence electrons. The highest BCUT2D eigenvalue weighted by molar-refractivity contribution is 7.14. The lowest BCUT2D eigenvalue weighted by Crippen LogP contribution is -2.45. The fourth-order valence-electron chi connectivity index (χ4n) is 2.69. The first-order valence-electron chi connectivity index (χ1n) is 7.75. The fraction of sp³-hybridized carbons (Fsp3) is 0.412. The maximum Gasteiger partial charge on any atom is 0.322 e. The maximum absolute atomic E-state index is 12.5. The lowest BCUT2D eigenvalue weighted by molar-refractivity contribution is -0.135. The van der Waals surface area contributed by atoms with Crippen molar-refractivity contribution in [2.75, 3.05) is 31.5 Å². The molecule has 1 N–H and O–H groups in total. The monoisotopic (exact) mass is 333 g/mol.